The zero-order chi connectivity index (χ0) is 26.7. The molecule has 3 aromatic rings. The molecular formula is C32H37F2NO. The van der Waals surface area contributed by atoms with Crippen LogP contribution in [0.25, 0.3) is 0 Å². The SMILES string of the molecule is C=C(C)C(C)(C)C(C)c1ccc(Cc2cccc(CNC(=O)c3ccc(C(C)(F)F)cc3C)c2)cc1. The number of alkyl halides is 2. The molecule has 190 valence electrons. The molecule has 0 saturated carbocycles. The van der Waals surface area contributed by atoms with E-state index in [4.69, 9.17) is 0 Å². The highest BCUT2D eigenvalue weighted by Crippen LogP contribution is 2.40. The summed E-state index contributed by atoms with van der Waals surface area (Å²) in [6.07, 6.45) is 0.798. The van der Waals surface area contributed by atoms with Crippen molar-refractivity contribution in [2.45, 2.75) is 66.3 Å². The van der Waals surface area contributed by atoms with Crippen LogP contribution >= 0.6 is 0 Å². The van der Waals surface area contributed by atoms with Gasteiger partial charge < -0.3 is 5.32 Å². The predicted molar refractivity (Wildman–Crippen MR) is 145 cm³/mol. The summed E-state index contributed by atoms with van der Waals surface area (Å²) in [6, 6.07) is 21.1. The van der Waals surface area contributed by atoms with Gasteiger partial charge in [-0.2, -0.15) is 0 Å². The number of hydrogen-bond acceptors (Lipinski definition) is 1. The van der Waals surface area contributed by atoms with Gasteiger partial charge in [0.15, 0.2) is 0 Å². The van der Waals surface area contributed by atoms with Crippen molar-refractivity contribution < 1.29 is 13.6 Å². The summed E-state index contributed by atoms with van der Waals surface area (Å²) in [5.74, 6) is -2.83. The third-order valence-corrected chi connectivity index (χ3v) is 7.49. The summed E-state index contributed by atoms with van der Waals surface area (Å²) in [7, 11) is 0. The summed E-state index contributed by atoms with van der Waals surface area (Å²) in [6.45, 7) is 15.9. The van der Waals surface area contributed by atoms with Crippen LogP contribution < -0.4 is 5.32 Å². The highest BCUT2D eigenvalue weighted by molar-refractivity contribution is 5.95. The Labute approximate surface area is 214 Å². The quantitative estimate of drug-likeness (QED) is 0.301. The molecule has 1 amide bonds. The van der Waals surface area contributed by atoms with Gasteiger partial charge >= 0.3 is 0 Å². The van der Waals surface area contributed by atoms with Crippen molar-refractivity contribution in [3.05, 3.63) is 118 Å². The van der Waals surface area contributed by atoms with Crippen LogP contribution in [0, 0.1) is 12.3 Å². The van der Waals surface area contributed by atoms with E-state index in [9.17, 15) is 13.6 Å². The first-order valence-corrected chi connectivity index (χ1v) is 12.4. The van der Waals surface area contributed by atoms with Gasteiger partial charge in [0.1, 0.15) is 0 Å². The van der Waals surface area contributed by atoms with E-state index in [1.165, 1.54) is 34.9 Å². The summed E-state index contributed by atoms with van der Waals surface area (Å²) < 4.78 is 27.1. The van der Waals surface area contributed by atoms with Gasteiger partial charge in [0.25, 0.3) is 11.8 Å². The minimum absolute atomic E-state index is 0.0297. The maximum atomic E-state index is 13.6. The lowest BCUT2D eigenvalue weighted by molar-refractivity contribution is 0.0173. The second kappa shape index (κ2) is 10.8. The Morgan fingerprint density at radius 1 is 0.944 bits per heavy atom. The van der Waals surface area contributed by atoms with Crippen molar-refractivity contribution in [2.75, 3.05) is 0 Å². The van der Waals surface area contributed by atoms with Crippen molar-refractivity contribution in [3.63, 3.8) is 0 Å². The number of amides is 1. The normalized spacial score (nSPS) is 12.8. The molecule has 4 heteroatoms. The van der Waals surface area contributed by atoms with Crippen LogP contribution in [0.4, 0.5) is 8.78 Å². The van der Waals surface area contributed by atoms with Gasteiger partial charge in [-0.1, -0.05) is 87.5 Å². The van der Waals surface area contributed by atoms with Crippen LogP contribution in [0.15, 0.2) is 78.9 Å². The van der Waals surface area contributed by atoms with Crippen molar-refractivity contribution >= 4 is 5.91 Å². The molecule has 1 unspecified atom stereocenters. The molecule has 3 rings (SSSR count). The molecule has 36 heavy (non-hydrogen) atoms. The first kappa shape index (κ1) is 27.3. The van der Waals surface area contributed by atoms with Gasteiger partial charge in [-0.3, -0.25) is 4.79 Å². The number of halogens is 2. The standard InChI is InChI=1S/C32H37F2NO/c1-21(2)31(5,6)23(4)27-13-11-24(12-14-27)18-25-9-8-10-26(19-25)20-35-30(36)29-16-15-28(17-22(29)3)32(7,33)34/h8-17,19,23H,1,18,20H2,2-7H3,(H,35,36). The minimum Gasteiger partial charge on any atom is -0.348 e. The number of rotatable bonds is 9. The summed E-state index contributed by atoms with van der Waals surface area (Å²) in [5, 5.41) is 2.91. The van der Waals surface area contributed by atoms with E-state index < -0.39 is 5.92 Å². The van der Waals surface area contributed by atoms with Gasteiger partial charge in [0.2, 0.25) is 0 Å². The Balaban J connectivity index is 1.64. The fraction of sp³-hybridized carbons (Fsp3) is 0.344. The van der Waals surface area contributed by atoms with Crippen LogP contribution in [-0.4, -0.2) is 5.91 Å². The van der Waals surface area contributed by atoms with Crippen LogP contribution in [0.2, 0.25) is 0 Å². The predicted octanol–water partition coefficient (Wildman–Crippen LogP) is 8.33. The van der Waals surface area contributed by atoms with Crippen LogP contribution in [0.3, 0.4) is 0 Å². The topological polar surface area (TPSA) is 29.1 Å². The van der Waals surface area contributed by atoms with Gasteiger partial charge in [0.05, 0.1) is 0 Å². The third kappa shape index (κ3) is 6.48. The van der Waals surface area contributed by atoms with Gasteiger partial charge in [-0.15, -0.1) is 0 Å². The Hall–Kier alpha value is -3.27. The molecule has 1 N–H and O–H groups in total. The summed E-state index contributed by atoms with van der Waals surface area (Å²) in [4.78, 5) is 12.7. The lowest BCUT2D eigenvalue weighted by Gasteiger charge is -2.33. The average Bonchev–Trinajstić information content (AvgIpc) is 2.82. The van der Waals surface area contributed by atoms with E-state index >= 15 is 0 Å². The van der Waals surface area contributed by atoms with Gasteiger partial charge in [-0.05, 0) is 71.6 Å². The molecule has 1 atom stereocenters. The molecule has 0 aromatic heterocycles. The molecule has 3 aromatic carbocycles. The molecule has 0 aliphatic heterocycles. The monoisotopic (exact) mass is 489 g/mol. The van der Waals surface area contributed by atoms with Crippen molar-refractivity contribution in [3.8, 4) is 0 Å². The molecule has 0 bridgehead atoms. The molecule has 0 fully saturated rings. The largest absolute Gasteiger partial charge is 0.348 e. The molecule has 0 radical (unpaired) electrons. The van der Waals surface area contributed by atoms with E-state index in [1.807, 2.05) is 12.1 Å². The summed E-state index contributed by atoms with van der Waals surface area (Å²) >= 11 is 0. The van der Waals surface area contributed by atoms with Gasteiger partial charge in [0, 0.05) is 24.6 Å². The number of benzene rings is 3. The fourth-order valence-electron chi connectivity index (χ4n) is 4.26. The number of allylic oxidation sites excluding steroid dienone is 1. The Kier molecular flexibility index (Phi) is 8.18. The number of carbonyl (C=O) groups is 1. The van der Waals surface area contributed by atoms with E-state index in [0.717, 1.165) is 24.5 Å². The lowest BCUT2D eigenvalue weighted by Crippen LogP contribution is -2.24. The molecule has 0 aliphatic carbocycles. The average molecular weight is 490 g/mol. The van der Waals surface area contributed by atoms with Crippen molar-refractivity contribution in [2.24, 2.45) is 5.41 Å². The zero-order valence-corrected chi connectivity index (χ0v) is 22.2. The highest BCUT2D eigenvalue weighted by atomic mass is 19.3. The molecular weight excluding hydrogens is 452 g/mol. The fourth-order valence-corrected chi connectivity index (χ4v) is 4.26. The number of carbonyl (C=O) groups excluding carboxylic acids is 1. The summed E-state index contributed by atoms with van der Waals surface area (Å²) in [5.41, 5.74) is 6.73. The maximum Gasteiger partial charge on any atom is 0.270 e. The second-order valence-electron chi connectivity index (χ2n) is 10.6. The smallest absolute Gasteiger partial charge is 0.270 e. The Morgan fingerprint density at radius 2 is 1.58 bits per heavy atom. The number of aryl methyl sites for hydroxylation is 1. The molecule has 0 heterocycles. The molecule has 0 aliphatic rings. The van der Waals surface area contributed by atoms with Crippen LogP contribution in [0.5, 0.6) is 0 Å². The zero-order valence-electron chi connectivity index (χ0n) is 22.2. The van der Waals surface area contributed by atoms with E-state index in [-0.39, 0.29) is 16.9 Å². The maximum absolute atomic E-state index is 13.6. The highest BCUT2D eigenvalue weighted by Gasteiger charge is 2.28. The second-order valence-corrected chi connectivity index (χ2v) is 10.6. The minimum atomic E-state index is -2.93. The number of hydrogen-bond donors (Lipinski definition) is 1. The molecule has 2 nitrogen and oxygen atoms in total. The van der Waals surface area contributed by atoms with Crippen molar-refractivity contribution in [1.82, 2.24) is 5.32 Å². The van der Waals surface area contributed by atoms with E-state index in [0.29, 0.717) is 23.6 Å². The first-order chi connectivity index (χ1) is 16.8. The third-order valence-electron chi connectivity index (χ3n) is 7.49. The van der Waals surface area contributed by atoms with E-state index in [2.05, 4.69) is 76.0 Å². The number of nitrogens with one attached hydrogen (secondary N) is 1. The van der Waals surface area contributed by atoms with Crippen LogP contribution in [0.1, 0.15) is 84.3 Å². The lowest BCUT2D eigenvalue weighted by atomic mass is 9.72. The molecule has 0 spiro atoms. The Bertz CT molecular complexity index is 1240. The first-order valence-electron chi connectivity index (χ1n) is 12.4. The van der Waals surface area contributed by atoms with Crippen molar-refractivity contribution in [1.29, 1.82) is 0 Å². The van der Waals surface area contributed by atoms with E-state index in [1.54, 1.807) is 6.92 Å². The molecule has 0 saturated heterocycles. The van der Waals surface area contributed by atoms with Crippen LogP contribution in [-0.2, 0) is 18.9 Å². The van der Waals surface area contributed by atoms with Gasteiger partial charge in [-0.25, -0.2) is 8.78 Å². The Morgan fingerprint density at radius 3 is 2.17 bits per heavy atom.